The van der Waals surface area contributed by atoms with Crippen molar-refractivity contribution in [2.24, 2.45) is 0 Å². The zero-order valence-electron chi connectivity index (χ0n) is 11.3. The number of hydrogen-bond acceptors (Lipinski definition) is 4. The fourth-order valence-corrected chi connectivity index (χ4v) is 2.99. The van der Waals surface area contributed by atoms with Gasteiger partial charge in [-0.25, -0.2) is 0 Å². The van der Waals surface area contributed by atoms with Crippen LogP contribution < -0.4 is 4.90 Å². The second-order valence-electron chi connectivity index (χ2n) is 3.96. The lowest BCUT2D eigenvalue weighted by Gasteiger charge is -2.21. The van der Waals surface area contributed by atoms with Crippen LogP contribution >= 0.6 is 23.5 Å². The Labute approximate surface area is 119 Å². The van der Waals surface area contributed by atoms with Crippen molar-refractivity contribution in [2.45, 2.75) is 18.2 Å². The average molecular weight is 280 g/mol. The number of nitriles is 1. The highest BCUT2D eigenvalue weighted by atomic mass is 32.2. The molecule has 1 rings (SSSR count). The third-order valence-corrected chi connectivity index (χ3v) is 4.31. The highest BCUT2D eigenvalue weighted by Gasteiger charge is 2.11. The third-order valence-electron chi connectivity index (χ3n) is 2.67. The van der Waals surface area contributed by atoms with Crippen molar-refractivity contribution in [3.05, 3.63) is 23.8 Å². The summed E-state index contributed by atoms with van der Waals surface area (Å²) in [5, 5.41) is 9.35. The smallest absolute Gasteiger partial charge is 0.103 e. The van der Waals surface area contributed by atoms with E-state index in [-0.39, 0.29) is 0 Å². The largest absolute Gasteiger partial charge is 0.373 e. The topological polar surface area (TPSA) is 27.0 Å². The van der Waals surface area contributed by atoms with Crippen molar-refractivity contribution in [3.63, 3.8) is 0 Å². The van der Waals surface area contributed by atoms with Crippen molar-refractivity contribution in [3.8, 4) is 6.07 Å². The summed E-state index contributed by atoms with van der Waals surface area (Å²) >= 11 is 3.60. The van der Waals surface area contributed by atoms with Crippen LogP contribution in [0.4, 0.5) is 5.69 Å². The molecule has 0 N–H and O–H groups in total. The van der Waals surface area contributed by atoms with Gasteiger partial charge in [-0.2, -0.15) is 17.0 Å². The summed E-state index contributed by atoms with van der Waals surface area (Å²) in [6.45, 7) is 3.11. The zero-order chi connectivity index (χ0) is 13.4. The molecular weight excluding hydrogens is 260 g/mol. The Balaban J connectivity index is 2.87. The van der Waals surface area contributed by atoms with Crippen molar-refractivity contribution < 1.29 is 0 Å². The van der Waals surface area contributed by atoms with E-state index >= 15 is 0 Å². The van der Waals surface area contributed by atoms with Gasteiger partial charge in [-0.15, -0.1) is 11.8 Å². The van der Waals surface area contributed by atoms with Crippen LogP contribution in [0.3, 0.4) is 0 Å². The maximum Gasteiger partial charge on any atom is 0.103 e. The van der Waals surface area contributed by atoms with E-state index in [0.29, 0.717) is 0 Å². The zero-order valence-corrected chi connectivity index (χ0v) is 12.9. The van der Waals surface area contributed by atoms with Crippen LogP contribution in [0.1, 0.15) is 18.9 Å². The third kappa shape index (κ3) is 4.15. The van der Waals surface area contributed by atoms with E-state index in [2.05, 4.69) is 31.2 Å². The lowest BCUT2D eigenvalue weighted by atomic mass is 10.1. The molecular formula is C14H20N2S2. The molecule has 0 aliphatic heterocycles. The molecule has 0 atom stereocenters. The quantitative estimate of drug-likeness (QED) is 0.560. The van der Waals surface area contributed by atoms with Crippen LogP contribution in [-0.4, -0.2) is 31.4 Å². The van der Waals surface area contributed by atoms with Gasteiger partial charge >= 0.3 is 0 Å². The Hall–Kier alpha value is -0.790. The molecule has 0 fully saturated rings. The first kappa shape index (κ1) is 15.3. The van der Waals surface area contributed by atoms with Crippen LogP contribution in [0, 0.1) is 11.3 Å². The minimum Gasteiger partial charge on any atom is -0.373 e. The number of rotatable bonds is 7. The highest BCUT2D eigenvalue weighted by Crippen LogP contribution is 2.29. The summed E-state index contributed by atoms with van der Waals surface area (Å²) in [5.74, 6) is 2.16. The van der Waals surface area contributed by atoms with Gasteiger partial charge in [0, 0.05) is 18.5 Å². The Bertz CT molecular complexity index is 413. The summed E-state index contributed by atoms with van der Waals surface area (Å²) in [5.41, 5.74) is 1.87. The summed E-state index contributed by atoms with van der Waals surface area (Å²) < 4.78 is 0. The van der Waals surface area contributed by atoms with Crippen LogP contribution in [0.2, 0.25) is 0 Å². The Morgan fingerprint density at radius 2 is 2.17 bits per heavy atom. The van der Waals surface area contributed by atoms with Gasteiger partial charge in [0.2, 0.25) is 0 Å². The summed E-state index contributed by atoms with van der Waals surface area (Å²) in [6, 6.07) is 8.47. The van der Waals surface area contributed by atoms with E-state index in [1.165, 1.54) is 0 Å². The van der Waals surface area contributed by atoms with Gasteiger partial charge in [0.25, 0.3) is 0 Å². The maximum atomic E-state index is 9.35. The number of benzene rings is 1. The molecule has 0 amide bonds. The van der Waals surface area contributed by atoms with Crippen LogP contribution in [0.25, 0.3) is 0 Å². The summed E-state index contributed by atoms with van der Waals surface area (Å²) in [6.07, 6.45) is 3.27. The lowest BCUT2D eigenvalue weighted by Crippen LogP contribution is -2.20. The first-order valence-electron chi connectivity index (χ1n) is 6.10. The molecule has 0 unspecified atom stereocenters. The van der Waals surface area contributed by atoms with E-state index in [9.17, 15) is 5.26 Å². The second kappa shape index (κ2) is 8.34. The molecule has 1 aromatic rings. The minimum absolute atomic E-state index is 0.816. The number of hydrogen-bond donors (Lipinski definition) is 0. The first-order chi connectivity index (χ1) is 8.74. The van der Waals surface area contributed by atoms with Gasteiger partial charge in [-0.05, 0) is 36.3 Å². The molecule has 0 aromatic heterocycles. The van der Waals surface area contributed by atoms with E-state index in [4.69, 9.17) is 0 Å². The number of thioether (sulfide) groups is 2. The molecule has 0 saturated carbocycles. The van der Waals surface area contributed by atoms with E-state index < -0.39 is 0 Å². The molecule has 0 radical (unpaired) electrons. The van der Waals surface area contributed by atoms with Gasteiger partial charge in [0.1, 0.15) is 6.07 Å². The van der Waals surface area contributed by atoms with Crippen molar-refractivity contribution in [2.75, 3.05) is 36.3 Å². The lowest BCUT2D eigenvalue weighted by molar-refractivity contribution is 0.857. The van der Waals surface area contributed by atoms with Crippen LogP contribution in [0.5, 0.6) is 0 Å². The monoisotopic (exact) mass is 280 g/mol. The number of nitrogens with zero attached hydrogens (tertiary/aromatic N) is 2. The summed E-state index contributed by atoms with van der Waals surface area (Å²) in [4.78, 5) is 3.28. The molecule has 4 heteroatoms. The van der Waals surface area contributed by atoms with Crippen molar-refractivity contribution in [1.29, 1.82) is 5.26 Å². The predicted molar refractivity (Wildman–Crippen MR) is 83.8 cm³/mol. The molecule has 1 aromatic carbocycles. The molecule has 98 valence electrons. The summed E-state index contributed by atoms with van der Waals surface area (Å²) in [7, 11) is 2.07. The van der Waals surface area contributed by atoms with E-state index in [1.807, 2.05) is 30.0 Å². The Kier molecular flexibility index (Phi) is 7.07. The Morgan fingerprint density at radius 3 is 2.78 bits per heavy atom. The normalized spacial score (nSPS) is 10.1. The molecule has 0 saturated heterocycles. The highest BCUT2D eigenvalue weighted by molar-refractivity contribution is 7.99. The fourth-order valence-electron chi connectivity index (χ4n) is 1.79. The van der Waals surface area contributed by atoms with E-state index in [1.54, 1.807) is 11.8 Å². The van der Waals surface area contributed by atoms with Crippen molar-refractivity contribution >= 4 is 29.2 Å². The molecule has 18 heavy (non-hydrogen) atoms. The van der Waals surface area contributed by atoms with E-state index in [0.717, 1.165) is 40.6 Å². The minimum atomic E-state index is 0.816. The molecule has 0 aliphatic rings. The maximum absolute atomic E-state index is 9.35. The average Bonchev–Trinajstić information content (AvgIpc) is 2.39. The second-order valence-corrected chi connectivity index (χ2v) is 6.25. The van der Waals surface area contributed by atoms with Crippen LogP contribution in [-0.2, 0) is 0 Å². The van der Waals surface area contributed by atoms with Gasteiger partial charge in [0.05, 0.1) is 11.3 Å². The van der Waals surface area contributed by atoms with Gasteiger partial charge < -0.3 is 4.90 Å². The molecule has 0 aliphatic carbocycles. The first-order valence-corrected chi connectivity index (χ1v) is 8.48. The van der Waals surface area contributed by atoms with Gasteiger partial charge in [0.15, 0.2) is 0 Å². The standard InChI is InChI=1S/C14H20N2S2/c1-4-18-14-8-5-7-13(12(14)11-15)16(2)9-6-10-17-3/h5,7-8H,4,6,9-10H2,1-3H3. The van der Waals surface area contributed by atoms with Crippen molar-refractivity contribution in [1.82, 2.24) is 0 Å². The molecule has 2 nitrogen and oxygen atoms in total. The van der Waals surface area contributed by atoms with Gasteiger partial charge in [-0.1, -0.05) is 13.0 Å². The fraction of sp³-hybridized carbons (Fsp3) is 0.500. The predicted octanol–water partition coefficient (Wildman–Crippen LogP) is 3.86. The SMILES string of the molecule is CCSc1cccc(N(C)CCCSC)c1C#N. The molecule has 0 spiro atoms. The van der Waals surface area contributed by atoms with Crippen LogP contribution in [0.15, 0.2) is 23.1 Å². The molecule has 0 bridgehead atoms. The number of anilines is 1. The molecule has 0 heterocycles. The van der Waals surface area contributed by atoms with Gasteiger partial charge in [-0.3, -0.25) is 0 Å². The Morgan fingerprint density at radius 1 is 1.39 bits per heavy atom.